The van der Waals surface area contributed by atoms with Gasteiger partial charge >= 0.3 is 12.2 Å². The number of benzene rings is 2. The van der Waals surface area contributed by atoms with Crippen molar-refractivity contribution in [1.82, 2.24) is 20.4 Å². The first-order valence-corrected chi connectivity index (χ1v) is 15.0. The van der Waals surface area contributed by atoms with E-state index in [2.05, 4.69) is 20.4 Å². The summed E-state index contributed by atoms with van der Waals surface area (Å²) >= 11 is 0. The quantitative estimate of drug-likeness (QED) is 0.432. The maximum Gasteiger partial charge on any atom is 0.407 e. The molecule has 4 amide bonds. The predicted molar refractivity (Wildman–Crippen MR) is 166 cm³/mol. The molecule has 11 heteroatoms. The second kappa shape index (κ2) is 12.8. The van der Waals surface area contributed by atoms with E-state index in [0.717, 1.165) is 43.8 Å². The largest absolute Gasteiger partial charge is 0.444 e. The molecule has 2 aromatic rings. The predicted octanol–water partition coefficient (Wildman–Crippen LogP) is 4.39. The van der Waals surface area contributed by atoms with Crippen molar-refractivity contribution < 1.29 is 28.7 Å². The molecule has 0 radical (unpaired) electrons. The first kappa shape index (κ1) is 32.1. The molecular weight excluding hydrogens is 550 g/mol. The average Bonchev–Trinajstić information content (AvgIpc) is 2.91. The van der Waals surface area contributed by atoms with Crippen LogP contribution >= 0.6 is 0 Å². The number of imide groups is 1. The van der Waals surface area contributed by atoms with Crippen LogP contribution in [0.1, 0.15) is 75.6 Å². The highest BCUT2D eigenvalue weighted by Gasteiger charge is 2.38. The fraction of sp³-hybridized carbons (Fsp3) is 0.562. The number of nitrogens with one attached hydrogen (secondary N) is 2. The number of carbonyl (C=O) groups excluding carboxylic acids is 4. The number of anilines is 1. The minimum absolute atomic E-state index is 0.101. The van der Waals surface area contributed by atoms with E-state index in [-0.39, 0.29) is 18.4 Å². The Morgan fingerprint density at radius 1 is 0.837 bits per heavy atom. The maximum atomic E-state index is 13.7. The Hall–Kier alpha value is -3.86. The first-order valence-electron chi connectivity index (χ1n) is 15.0. The number of ether oxygens (including phenoxy) is 2. The number of hydrogen-bond acceptors (Lipinski definition) is 8. The highest BCUT2D eigenvalue weighted by Crippen LogP contribution is 2.37. The van der Waals surface area contributed by atoms with Crippen molar-refractivity contribution in [3.63, 3.8) is 0 Å². The summed E-state index contributed by atoms with van der Waals surface area (Å²) in [5.74, 6) is -0.721. The lowest BCUT2D eigenvalue weighted by Gasteiger charge is -2.38. The lowest BCUT2D eigenvalue weighted by molar-refractivity contribution is 0.0447. The molecule has 2 aromatic carbocycles. The molecule has 4 rings (SSSR count). The molecule has 1 saturated heterocycles. The lowest BCUT2D eigenvalue weighted by atomic mass is 9.91. The summed E-state index contributed by atoms with van der Waals surface area (Å²) in [5.41, 5.74) is 0.770. The topological polar surface area (TPSA) is 121 Å². The van der Waals surface area contributed by atoms with Crippen LogP contribution < -0.4 is 15.5 Å². The van der Waals surface area contributed by atoms with Crippen molar-refractivity contribution in [2.75, 3.05) is 50.7 Å². The normalized spacial score (nSPS) is 16.7. The zero-order chi connectivity index (χ0) is 31.5. The van der Waals surface area contributed by atoms with E-state index in [1.54, 1.807) is 26.8 Å². The maximum absolute atomic E-state index is 13.7. The smallest absolute Gasteiger partial charge is 0.407 e. The molecule has 234 valence electrons. The fourth-order valence-electron chi connectivity index (χ4n) is 5.48. The first-order chi connectivity index (χ1) is 20.2. The third kappa shape index (κ3) is 7.76. The molecule has 11 nitrogen and oxygen atoms in total. The molecule has 0 bridgehead atoms. The van der Waals surface area contributed by atoms with Crippen LogP contribution in [0.25, 0.3) is 10.8 Å². The molecule has 2 heterocycles. The van der Waals surface area contributed by atoms with E-state index in [0.29, 0.717) is 29.5 Å². The third-order valence-corrected chi connectivity index (χ3v) is 7.44. The van der Waals surface area contributed by atoms with Crippen molar-refractivity contribution in [2.45, 2.75) is 72.1 Å². The van der Waals surface area contributed by atoms with Crippen molar-refractivity contribution >= 4 is 40.5 Å². The highest BCUT2D eigenvalue weighted by molar-refractivity contribution is 6.27. The molecule has 2 N–H and O–H groups in total. The molecule has 1 fully saturated rings. The number of nitrogens with zero attached hydrogens (tertiary/aromatic N) is 3. The Kier molecular flexibility index (Phi) is 9.54. The summed E-state index contributed by atoms with van der Waals surface area (Å²) in [4.78, 5) is 57.5. The van der Waals surface area contributed by atoms with Crippen LogP contribution in [0.5, 0.6) is 0 Å². The van der Waals surface area contributed by atoms with Crippen molar-refractivity contribution in [2.24, 2.45) is 0 Å². The molecule has 43 heavy (non-hydrogen) atoms. The van der Waals surface area contributed by atoms with Gasteiger partial charge in [0.05, 0.1) is 6.04 Å². The van der Waals surface area contributed by atoms with Gasteiger partial charge in [0.2, 0.25) is 0 Å². The van der Waals surface area contributed by atoms with Gasteiger partial charge in [-0.05, 0) is 66.2 Å². The number of amides is 4. The summed E-state index contributed by atoms with van der Waals surface area (Å²) in [6.45, 7) is 17.2. The molecule has 0 spiro atoms. The van der Waals surface area contributed by atoms with E-state index in [1.165, 1.54) is 4.90 Å². The fourth-order valence-corrected chi connectivity index (χ4v) is 5.48. The van der Waals surface area contributed by atoms with Gasteiger partial charge in [0.1, 0.15) is 11.2 Å². The van der Waals surface area contributed by atoms with Crippen molar-refractivity contribution in [3.8, 4) is 0 Å². The van der Waals surface area contributed by atoms with Crippen LogP contribution in [0.15, 0.2) is 30.3 Å². The SMILES string of the molecule is CCC(CNC(=O)OC(C)(C)C)N1C(=O)c2cccc3c(N4CCN(CCNC(=O)OC(C)(C)C)CC4)ccc(c23)C1=O. The minimum atomic E-state index is -0.652. The molecular formula is C32H45N5O6. The summed E-state index contributed by atoms with van der Waals surface area (Å²) in [5, 5.41) is 7.07. The standard InChI is InChI=1S/C32H45N5O6/c1-8-21(20-34-30(41)43-32(5,6)7)37-27(38)23-11-9-10-22-25(13-12-24(26(22)23)28(37)39)36-18-16-35(17-19-36)15-14-33-29(40)42-31(2,3)4/h9-13,21H,8,14-20H2,1-7H3,(H,33,40)(H,34,41). The Bertz CT molecular complexity index is 1350. The Morgan fingerprint density at radius 3 is 2.00 bits per heavy atom. The second-order valence-corrected chi connectivity index (χ2v) is 13.0. The number of hydrogen-bond donors (Lipinski definition) is 2. The number of alkyl carbamates (subject to hydrolysis) is 2. The van der Waals surface area contributed by atoms with Gasteiger partial charge in [0.15, 0.2) is 0 Å². The van der Waals surface area contributed by atoms with Crippen LogP contribution in [0.2, 0.25) is 0 Å². The molecule has 1 unspecified atom stereocenters. The van der Waals surface area contributed by atoms with E-state index < -0.39 is 29.4 Å². The monoisotopic (exact) mass is 595 g/mol. The second-order valence-electron chi connectivity index (χ2n) is 13.0. The summed E-state index contributed by atoms with van der Waals surface area (Å²) in [6, 6.07) is 8.84. The molecule has 2 aliphatic rings. The van der Waals surface area contributed by atoms with Crippen molar-refractivity contribution in [3.05, 3.63) is 41.5 Å². The van der Waals surface area contributed by atoms with Gasteiger partial charge in [-0.15, -0.1) is 0 Å². The minimum Gasteiger partial charge on any atom is -0.444 e. The third-order valence-electron chi connectivity index (χ3n) is 7.44. The van der Waals surface area contributed by atoms with Gasteiger partial charge in [-0.1, -0.05) is 19.1 Å². The van der Waals surface area contributed by atoms with Crippen LogP contribution in [0, 0.1) is 0 Å². The highest BCUT2D eigenvalue weighted by atomic mass is 16.6. The van der Waals surface area contributed by atoms with Gasteiger partial charge in [-0.2, -0.15) is 0 Å². The van der Waals surface area contributed by atoms with E-state index >= 15 is 0 Å². The Balaban J connectivity index is 1.44. The Labute approximate surface area is 253 Å². The summed E-state index contributed by atoms with van der Waals surface area (Å²) in [7, 11) is 0. The number of rotatable bonds is 8. The van der Waals surface area contributed by atoms with Crippen molar-refractivity contribution in [1.29, 1.82) is 0 Å². The Morgan fingerprint density at radius 2 is 1.42 bits per heavy atom. The molecule has 0 aromatic heterocycles. The lowest BCUT2D eigenvalue weighted by Crippen LogP contribution is -2.51. The summed E-state index contributed by atoms with van der Waals surface area (Å²) < 4.78 is 10.6. The van der Waals surface area contributed by atoms with Gasteiger partial charge in [0, 0.05) is 73.4 Å². The summed E-state index contributed by atoms with van der Waals surface area (Å²) in [6.07, 6.45) is -0.523. The van der Waals surface area contributed by atoms with Crippen LogP contribution in [-0.4, -0.2) is 96.9 Å². The van der Waals surface area contributed by atoms with E-state index in [1.807, 2.05) is 52.0 Å². The molecule has 1 atom stereocenters. The zero-order valence-corrected chi connectivity index (χ0v) is 26.4. The number of carbonyl (C=O) groups is 4. The van der Waals surface area contributed by atoms with Gasteiger partial charge in [0.25, 0.3) is 11.8 Å². The zero-order valence-electron chi connectivity index (χ0n) is 26.4. The van der Waals surface area contributed by atoms with E-state index in [9.17, 15) is 19.2 Å². The van der Waals surface area contributed by atoms with Gasteiger partial charge in [-0.3, -0.25) is 19.4 Å². The molecule has 0 saturated carbocycles. The number of piperazine rings is 1. The average molecular weight is 596 g/mol. The van der Waals surface area contributed by atoms with E-state index in [4.69, 9.17) is 9.47 Å². The van der Waals surface area contributed by atoms with Crippen LogP contribution in [0.4, 0.5) is 15.3 Å². The van der Waals surface area contributed by atoms with Gasteiger partial charge in [-0.25, -0.2) is 9.59 Å². The molecule has 2 aliphatic heterocycles. The van der Waals surface area contributed by atoms with Crippen LogP contribution in [0.3, 0.4) is 0 Å². The van der Waals surface area contributed by atoms with Crippen LogP contribution in [-0.2, 0) is 9.47 Å². The van der Waals surface area contributed by atoms with Gasteiger partial charge < -0.3 is 25.0 Å². The molecule has 0 aliphatic carbocycles.